The van der Waals surface area contributed by atoms with Crippen LogP contribution in [-0.4, -0.2) is 42.8 Å². The van der Waals surface area contributed by atoms with Gasteiger partial charge in [-0.1, -0.05) is 6.92 Å². The number of nitro groups is 1. The molecule has 0 spiro atoms. The van der Waals surface area contributed by atoms with E-state index in [9.17, 15) is 19.7 Å². The van der Waals surface area contributed by atoms with E-state index in [0.717, 1.165) is 6.42 Å². The summed E-state index contributed by atoms with van der Waals surface area (Å²) in [6.45, 7) is 4.51. The number of aryl methyl sites for hydroxylation is 2. The fourth-order valence-electron chi connectivity index (χ4n) is 2.17. The standard InChI is InChI=1S/C14H19N7O4/c1-4-6-15-14(23)12-9(7-16-19(12)3)17-13(22)11-10(21(24)25)8-20(5-2)18-11/h7-8H,4-6H2,1-3H3,(H,15,23)(H,17,22). The van der Waals surface area contributed by atoms with Crippen molar-refractivity contribution in [3.63, 3.8) is 0 Å². The Hall–Kier alpha value is -3.24. The van der Waals surface area contributed by atoms with Crippen LogP contribution in [0.5, 0.6) is 0 Å². The van der Waals surface area contributed by atoms with Crippen LogP contribution in [0.4, 0.5) is 11.4 Å². The van der Waals surface area contributed by atoms with Crippen LogP contribution in [0.2, 0.25) is 0 Å². The Labute approximate surface area is 143 Å². The monoisotopic (exact) mass is 349 g/mol. The molecule has 0 aromatic carbocycles. The summed E-state index contributed by atoms with van der Waals surface area (Å²) in [6.07, 6.45) is 3.25. The number of nitrogens with zero attached hydrogens (tertiary/aromatic N) is 5. The Balaban J connectivity index is 2.29. The maximum atomic E-state index is 12.4. The Morgan fingerprint density at radius 1 is 1.32 bits per heavy atom. The van der Waals surface area contributed by atoms with Crippen molar-refractivity contribution in [1.29, 1.82) is 0 Å². The van der Waals surface area contributed by atoms with Crippen LogP contribution < -0.4 is 10.6 Å². The highest BCUT2D eigenvalue weighted by molar-refractivity contribution is 6.09. The van der Waals surface area contributed by atoms with E-state index in [0.29, 0.717) is 13.1 Å². The second-order valence-corrected chi connectivity index (χ2v) is 5.22. The molecule has 0 aliphatic rings. The van der Waals surface area contributed by atoms with Crippen LogP contribution in [0, 0.1) is 10.1 Å². The van der Waals surface area contributed by atoms with Gasteiger partial charge < -0.3 is 10.6 Å². The number of carbonyl (C=O) groups excluding carboxylic acids is 2. The molecule has 2 heterocycles. The van der Waals surface area contributed by atoms with Gasteiger partial charge in [0.2, 0.25) is 5.69 Å². The van der Waals surface area contributed by atoms with Gasteiger partial charge >= 0.3 is 5.69 Å². The number of aromatic nitrogens is 4. The van der Waals surface area contributed by atoms with Gasteiger partial charge in [0.25, 0.3) is 11.8 Å². The molecule has 0 aliphatic carbocycles. The van der Waals surface area contributed by atoms with E-state index < -0.39 is 22.4 Å². The van der Waals surface area contributed by atoms with Crippen molar-refractivity contribution in [2.24, 2.45) is 7.05 Å². The van der Waals surface area contributed by atoms with Crippen molar-refractivity contribution in [3.8, 4) is 0 Å². The van der Waals surface area contributed by atoms with E-state index in [-0.39, 0.29) is 17.1 Å². The van der Waals surface area contributed by atoms with Gasteiger partial charge in [0.1, 0.15) is 11.9 Å². The van der Waals surface area contributed by atoms with Crippen molar-refractivity contribution in [1.82, 2.24) is 24.9 Å². The minimum atomic E-state index is -0.781. The predicted octanol–water partition coefficient (Wildman–Crippen LogP) is 0.937. The highest BCUT2D eigenvalue weighted by atomic mass is 16.6. The van der Waals surface area contributed by atoms with Gasteiger partial charge in [0, 0.05) is 20.1 Å². The second-order valence-electron chi connectivity index (χ2n) is 5.22. The molecule has 25 heavy (non-hydrogen) atoms. The molecule has 0 saturated carbocycles. The molecular formula is C14H19N7O4. The van der Waals surface area contributed by atoms with Gasteiger partial charge in [-0.3, -0.25) is 29.1 Å². The lowest BCUT2D eigenvalue weighted by molar-refractivity contribution is -0.385. The lowest BCUT2D eigenvalue weighted by Gasteiger charge is -2.07. The van der Waals surface area contributed by atoms with Crippen molar-refractivity contribution in [2.75, 3.05) is 11.9 Å². The molecule has 0 saturated heterocycles. The van der Waals surface area contributed by atoms with Gasteiger partial charge in [0.15, 0.2) is 0 Å². The normalized spacial score (nSPS) is 10.5. The van der Waals surface area contributed by atoms with E-state index in [4.69, 9.17) is 0 Å². The van der Waals surface area contributed by atoms with Crippen LogP contribution in [0.3, 0.4) is 0 Å². The maximum absolute atomic E-state index is 12.4. The van der Waals surface area contributed by atoms with Crippen molar-refractivity contribution < 1.29 is 14.5 Å². The lowest BCUT2D eigenvalue weighted by Crippen LogP contribution is -2.27. The molecule has 2 aromatic rings. The van der Waals surface area contributed by atoms with Crippen LogP contribution >= 0.6 is 0 Å². The summed E-state index contributed by atoms with van der Waals surface area (Å²) < 4.78 is 2.62. The molecule has 11 heteroatoms. The Bertz CT molecular complexity index is 808. The van der Waals surface area contributed by atoms with Crippen LogP contribution in [0.1, 0.15) is 41.2 Å². The third kappa shape index (κ3) is 3.82. The minimum absolute atomic E-state index is 0.152. The largest absolute Gasteiger partial charge is 0.351 e. The molecule has 11 nitrogen and oxygen atoms in total. The Kier molecular flexibility index (Phi) is 5.47. The zero-order valence-electron chi connectivity index (χ0n) is 14.1. The van der Waals surface area contributed by atoms with Gasteiger partial charge in [0.05, 0.1) is 16.8 Å². The van der Waals surface area contributed by atoms with Crippen LogP contribution in [0.15, 0.2) is 12.4 Å². The fraction of sp³-hybridized carbons (Fsp3) is 0.429. The molecule has 0 unspecified atom stereocenters. The summed E-state index contributed by atoms with van der Waals surface area (Å²) in [6, 6.07) is 0. The zero-order valence-corrected chi connectivity index (χ0v) is 14.1. The molecule has 134 valence electrons. The fourth-order valence-corrected chi connectivity index (χ4v) is 2.17. The smallest absolute Gasteiger partial charge is 0.320 e. The molecule has 2 rings (SSSR count). The zero-order chi connectivity index (χ0) is 18.6. The van der Waals surface area contributed by atoms with E-state index in [2.05, 4.69) is 20.8 Å². The number of hydrogen-bond acceptors (Lipinski definition) is 6. The summed E-state index contributed by atoms with van der Waals surface area (Å²) in [5, 5.41) is 24.1. The molecule has 2 aromatic heterocycles. The highest BCUT2D eigenvalue weighted by Gasteiger charge is 2.27. The quantitative estimate of drug-likeness (QED) is 0.563. The van der Waals surface area contributed by atoms with Gasteiger partial charge in [-0.2, -0.15) is 10.2 Å². The van der Waals surface area contributed by atoms with Crippen LogP contribution in [0.25, 0.3) is 0 Å². The first kappa shape index (κ1) is 18.1. The molecule has 0 bridgehead atoms. The first-order valence-electron chi connectivity index (χ1n) is 7.72. The highest BCUT2D eigenvalue weighted by Crippen LogP contribution is 2.20. The molecule has 0 aliphatic heterocycles. The van der Waals surface area contributed by atoms with E-state index >= 15 is 0 Å². The summed E-state index contributed by atoms with van der Waals surface area (Å²) in [5.74, 6) is -1.18. The number of rotatable bonds is 7. The molecule has 0 radical (unpaired) electrons. The first-order valence-corrected chi connectivity index (χ1v) is 7.72. The number of nitrogens with one attached hydrogen (secondary N) is 2. The second kappa shape index (κ2) is 7.55. The van der Waals surface area contributed by atoms with Crippen molar-refractivity contribution in [3.05, 3.63) is 33.9 Å². The molecule has 0 atom stereocenters. The first-order chi connectivity index (χ1) is 11.9. The van der Waals surface area contributed by atoms with E-state index in [1.165, 1.54) is 21.8 Å². The average molecular weight is 349 g/mol. The van der Waals surface area contributed by atoms with E-state index in [1.54, 1.807) is 14.0 Å². The Morgan fingerprint density at radius 2 is 2.04 bits per heavy atom. The molecule has 2 N–H and O–H groups in total. The van der Waals surface area contributed by atoms with Gasteiger partial charge in [-0.25, -0.2) is 0 Å². The average Bonchev–Trinajstić information content (AvgIpc) is 3.16. The molecule has 0 fully saturated rings. The number of carbonyl (C=O) groups is 2. The number of hydrogen-bond donors (Lipinski definition) is 2. The third-order valence-corrected chi connectivity index (χ3v) is 3.42. The maximum Gasteiger partial charge on any atom is 0.320 e. The van der Waals surface area contributed by atoms with Crippen molar-refractivity contribution >= 4 is 23.2 Å². The van der Waals surface area contributed by atoms with Gasteiger partial charge in [-0.05, 0) is 13.3 Å². The molecule has 2 amide bonds. The SMILES string of the molecule is CCCNC(=O)c1c(NC(=O)c2nn(CC)cc2[N+](=O)[O-])cnn1C. The number of amides is 2. The summed E-state index contributed by atoms with van der Waals surface area (Å²) in [4.78, 5) is 35.0. The van der Waals surface area contributed by atoms with Crippen LogP contribution in [-0.2, 0) is 13.6 Å². The Morgan fingerprint density at radius 3 is 2.64 bits per heavy atom. The summed E-state index contributed by atoms with van der Waals surface area (Å²) in [7, 11) is 1.56. The van der Waals surface area contributed by atoms with Gasteiger partial charge in [-0.15, -0.1) is 0 Å². The summed E-state index contributed by atoms with van der Waals surface area (Å²) in [5.41, 5.74) is -0.420. The van der Waals surface area contributed by atoms with E-state index in [1.807, 2.05) is 6.92 Å². The topological polar surface area (TPSA) is 137 Å². The lowest BCUT2D eigenvalue weighted by atomic mass is 10.3. The predicted molar refractivity (Wildman–Crippen MR) is 88.3 cm³/mol. The third-order valence-electron chi connectivity index (χ3n) is 3.42. The van der Waals surface area contributed by atoms with Crippen molar-refractivity contribution in [2.45, 2.75) is 26.8 Å². The minimum Gasteiger partial charge on any atom is -0.351 e. The molecular weight excluding hydrogens is 330 g/mol. The number of anilines is 1. The summed E-state index contributed by atoms with van der Waals surface area (Å²) >= 11 is 0.